The highest BCUT2D eigenvalue weighted by molar-refractivity contribution is 14.1. The molecule has 9 heteroatoms. The first kappa shape index (κ1) is 26.1. The van der Waals surface area contributed by atoms with E-state index in [1.54, 1.807) is 17.0 Å². The molecule has 1 aromatic carbocycles. The Labute approximate surface area is 219 Å². The van der Waals surface area contributed by atoms with Gasteiger partial charge in [-0.1, -0.05) is 26.0 Å². The third-order valence-corrected chi connectivity index (χ3v) is 7.62. The van der Waals surface area contributed by atoms with Gasteiger partial charge in [0.05, 0.1) is 29.7 Å². The summed E-state index contributed by atoms with van der Waals surface area (Å²) < 4.78 is 13.4. The Morgan fingerprint density at radius 1 is 1.29 bits per heavy atom. The van der Waals surface area contributed by atoms with Crippen molar-refractivity contribution < 1.29 is 19.1 Å². The molecule has 1 amide bonds. The van der Waals surface area contributed by atoms with Gasteiger partial charge in [0.2, 0.25) is 9.70 Å². The number of halogens is 2. The van der Waals surface area contributed by atoms with Crippen molar-refractivity contribution >= 4 is 38.0 Å². The Kier molecular flexibility index (Phi) is 7.89. The highest BCUT2D eigenvalue weighted by Gasteiger charge is 2.40. The van der Waals surface area contributed by atoms with Gasteiger partial charge in [0.25, 0.3) is 0 Å². The normalized spacial score (nSPS) is 21.7. The number of rotatable bonds is 7. The molecule has 2 aromatic rings. The topological polar surface area (TPSA) is 85.8 Å². The van der Waals surface area contributed by atoms with Gasteiger partial charge < -0.3 is 15.3 Å². The number of benzene rings is 1. The number of aliphatic hydroxyl groups excluding tert-OH is 1. The van der Waals surface area contributed by atoms with Crippen molar-refractivity contribution in [2.45, 2.75) is 57.7 Å². The number of aromatic nitrogens is 1. The minimum absolute atomic E-state index is 0.00560. The predicted molar refractivity (Wildman–Crippen MR) is 141 cm³/mol. The highest BCUT2D eigenvalue weighted by atomic mass is 127. The summed E-state index contributed by atoms with van der Waals surface area (Å²) in [6.07, 6.45) is 0.786. The van der Waals surface area contributed by atoms with Crippen LogP contribution < -0.4 is 10.2 Å². The van der Waals surface area contributed by atoms with Crippen LogP contribution in [0, 0.1) is 5.82 Å². The summed E-state index contributed by atoms with van der Waals surface area (Å²) in [4.78, 5) is 34.2. The van der Waals surface area contributed by atoms with E-state index in [2.05, 4.69) is 31.0 Å². The fourth-order valence-corrected chi connectivity index (χ4v) is 5.62. The minimum atomic E-state index is -0.354. The highest BCUT2D eigenvalue weighted by Crippen LogP contribution is 2.41. The molecular formula is C26H32FIN4O3. The zero-order valence-electron chi connectivity index (χ0n) is 20.4. The number of nitrogens with zero attached hydrogens (tertiary/aromatic N) is 3. The lowest BCUT2D eigenvalue weighted by Crippen LogP contribution is -2.58. The molecular weight excluding hydrogens is 562 g/mol. The van der Waals surface area contributed by atoms with Crippen molar-refractivity contribution in [1.82, 2.24) is 15.2 Å². The van der Waals surface area contributed by atoms with E-state index in [0.717, 1.165) is 29.1 Å². The molecule has 3 heterocycles. The number of anilines is 1. The number of carbonyl (C=O) groups excluding carboxylic acids is 2. The molecule has 0 aliphatic carbocycles. The summed E-state index contributed by atoms with van der Waals surface area (Å²) in [7, 11) is 0. The SMILES string of the molecule is C[C@@H]1CN(CCC(=O)N2CC(C)(C)c3nc(CO)c(Cc4ccc(F)cc4)cc32)[C@@H](C(=O)I)CN1. The van der Waals surface area contributed by atoms with Gasteiger partial charge in [-0.15, -0.1) is 0 Å². The van der Waals surface area contributed by atoms with E-state index in [9.17, 15) is 19.1 Å². The summed E-state index contributed by atoms with van der Waals surface area (Å²) in [5.41, 5.74) is 3.51. The van der Waals surface area contributed by atoms with Crippen LogP contribution in [0.5, 0.6) is 0 Å². The van der Waals surface area contributed by atoms with Crippen molar-refractivity contribution in [3.05, 3.63) is 58.7 Å². The fraction of sp³-hybridized carbons (Fsp3) is 0.500. The van der Waals surface area contributed by atoms with Gasteiger partial charge in [0, 0.05) is 66.6 Å². The first-order valence-corrected chi connectivity index (χ1v) is 13.0. The maximum atomic E-state index is 13.4. The van der Waals surface area contributed by atoms with E-state index in [4.69, 9.17) is 4.98 Å². The lowest BCUT2D eigenvalue weighted by atomic mass is 9.90. The Morgan fingerprint density at radius 2 is 2.00 bits per heavy atom. The third-order valence-electron chi connectivity index (χ3n) is 6.90. The van der Waals surface area contributed by atoms with Crippen molar-refractivity contribution in [3.63, 3.8) is 0 Å². The van der Waals surface area contributed by atoms with E-state index in [0.29, 0.717) is 38.2 Å². The number of amides is 1. The molecule has 0 bridgehead atoms. The van der Waals surface area contributed by atoms with Gasteiger partial charge >= 0.3 is 0 Å². The zero-order valence-corrected chi connectivity index (χ0v) is 22.5. The molecule has 1 aromatic heterocycles. The first-order chi connectivity index (χ1) is 16.6. The molecule has 1 saturated heterocycles. The maximum absolute atomic E-state index is 13.4. The van der Waals surface area contributed by atoms with Crippen LogP contribution in [0.1, 0.15) is 49.7 Å². The number of aliphatic hydroxyl groups is 1. The number of carbonyl (C=O) groups is 2. The van der Waals surface area contributed by atoms with Gasteiger partial charge in [-0.3, -0.25) is 19.5 Å². The van der Waals surface area contributed by atoms with Gasteiger partial charge in [-0.2, -0.15) is 0 Å². The summed E-state index contributed by atoms with van der Waals surface area (Å²) in [5.74, 6) is -0.305. The Balaban J connectivity index is 1.57. The molecule has 188 valence electrons. The van der Waals surface area contributed by atoms with Crippen LogP contribution >= 0.6 is 22.6 Å². The Bertz CT molecular complexity index is 1110. The number of fused-ring (bicyclic) bond motifs is 1. The van der Waals surface area contributed by atoms with E-state index in [1.807, 2.05) is 28.7 Å². The molecule has 0 unspecified atom stereocenters. The van der Waals surface area contributed by atoms with Crippen LogP contribution in [-0.2, 0) is 28.0 Å². The van der Waals surface area contributed by atoms with Crippen LogP contribution in [0.2, 0.25) is 0 Å². The second kappa shape index (κ2) is 10.6. The molecule has 7 nitrogen and oxygen atoms in total. The first-order valence-electron chi connectivity index (χ1n) is 11.9. The largest absolute Gasteiger partial charge is 0.390 e. The number of nitrogens with one attached hydrogen (secondary N) is 1. The molecule has 4 rings (SSSR count). The van der Waals surface area contributed by atoms with E-state index in [1.165, 1.54) is 12.1 Å². The lowest BCUT2D eigenvalue weighted by Gasteiger charge is -2.37. The molecule has 0 saturated carbocycles. The average molecular weight is 594 g/mol. The van der Waals surface area contributed by atoms with Crippen molar-refractivity contribution in [2.24, 2.45) is 0 Å². The Hall–Kier alpha value is -1.95. The molecule has 0 radical (unpaired) electrons. The standard InChI is InChI=1S/C26H32FIN4O3/c1-16-13-31(22(12-29-16)25(28)35)9-8-23(34)32-15-26(2,3)24-21(32)11-18(20(14-33)30-24)10-17-4-6-19(27)7-5-17/h4-7,11,16,22,29,33H,8-10,12-15H2,1-3H3/t16-,22-/m1/s1. The lowest BCUT2D eigenvalue weighted by molar-refractivity contribution is -0.120. The molecule has 2 aliphatic rings. The number of piperazine rings is 1. The molecule has 35 heavy (non-hydrogen) atoms. The molecule has 2 N–H and O–H groups in total. The van der Waals surface area contributed by atoms with Crippen LogP contribution in [-0.4, -0.2) is 63.0 Å². The van der Waals surface area contributed by atoms with Crippen LogP contribution in [0.3, 0.4) is 0 Å². The van der Waals surface area contributed by atoms with Crippen molar-refractivity contribution in [1.29, 1.82) is 0 Å². The number of hydrogen-bond acceptors (Lipinski definition) is 6. The number of pyridine rings is 1. The predicted octanol–water partition coefficient (Wildman–Crippen LogP) is 2.94. The summed E-state index contributed by atoms with van der Waals surface area (Å²) in [5, 5.41) is 13.3. The summed E-state index contributed by atoms with van der Waals surface area (Å²) >= 11 is 1.84. The zero-order chi connectivity index (χ0) is 25.3. The quantitative estimate of drug-likeness (QED) is 0.379. The van der Waals surface area contributed by atoms with Gasteiger partial charge in [-0.05, 0) is 42.7 Å². The van der Waals surface area contributed by atoms with Gasteiger partial charge in [0.15, 0.2) is 0 Å². The fourth-order valence-electron chi connectivity index (χ4n) is 5.01. The molecule has 1 fully saturated rings. The van der Waals surface area contributed by atoms with Gasteiger partial charge in [-0.25, -0.2) is 4.39 Å². The van der Waals surface area contributed by atoms with E-state index in [-0.39, 0.29) is 39.6 Å². The van der Waals surface area contributed by atoms with Crippen molar-refractivity contribution in [2.75, 3.05) is 31.1 Å². The minimum Gasteiger partial charge on any atom is -0.390 e. The molecule has 2 aliphatic heterocycles. The second-order valence-electron chi connectivity index (χ2n) is 10.2. The summed E-state index contributed by atoms with van der Waals surface area (Å²) in [6.45, 7) is 8.31. The molecule has 0 spiro atoms. The third kappa shape index (κ3) is 5.73. The van der Waals surface area contributed by atoms with E-state index >= 15 is 0 Å². The monoisotopic (exact) mass is 594 g/mol. The van der Waals surface area contributed by atoms with Gasteiger partial charge in [0.1, 0.15) is 5.82 Å². The number of hydrogen-bond donors (Lipinski definition) is 2. The molecule has 2 atom stereocenters. The van der Waals surface area contributed by atoms with Crippen molar-refractivity contribution in [3.8, 4) is 0 Å². The van der Waals surface area contributed by atoms with Crippen LogP contribution in [0.4, 0.5) is 10.1 Å². The smallest absolute Gasteiger partial charge is 0.228 e. The second-order valence-corrected chi connectivity index (χ2v) is 11.2. The van der Waals surface area contributed by atoms with E-state index < -0.39 is 0 Å². The summed E-state index contributed by atoms with van der Waals surface area (Å²) in [6, 6.07) is 8.26. The van der Waals surface area contributed by atoms with Crippen LogP contribution in [0.15, 0.2) is 30.3 Å². The Morgan fingerprint density at radius 3 is 2.66 bits per heavy atom. The maximum Gasteiger partial charge on any atom is 0.228 e. The van der Waals surface area contributed by atoms with Crippen LogP contribution in [0.25, 0.3) is 0 Å². The average Bonchev–Trinajstić information content (AvgIpc) is 3.08.